The molecule has 1 aliphatic rings. The number of hydrogen-bond acceptors (Lipinski definition) is 4. The molecule has 2 aromatic rings. The van der Waals surface area contributed by atoms with Crippen LogP contribution in [-0.2, 0) is 13.6 Å². The Labute approximate surface area is 166 Å². The Morgan fingerprint density at radius 3 is 2.36 bits per heavy atom. The first-order valence-electron chi connectivity index (χ1n) is 10.9. The van der Waals surface area contributed by atoms with Gasteiger partial charge in [0.05, 0.1) is 0 Å². The highest BCUT2D eigenvalue weighted by atomic mass is 16.2. The molecule has 0 aromatic carbocycles. The first-order chi connectivity index (χ1) is 13.4. The van der Waals surface area contributed by atoms with Gasteiger partial charge in [0.15, 0.2) is 11.2 Å². The van der Waals surface area contributed by atoms with Crippen LogP contribution in [0.2, 0.25) is 0 Å². The first-order valence-corrected chi connectivity index (χ1v) is 10.9. The minimum absolute atomic E-state index is 0.332. The van der Waals surface area contributed by atoms with Gasteiger partial charge in [-0.25, -0.2) is 4.79 Å². The molecule has 7 heteroatoms. The van der Waals surface area contributed by atoms with Crippen molar-refractivity contribution < 1.29 is 0 Å². The Bertz CT molecular complexity index is 900. The number of aryl methyl sites for hydroxylation is 2. The summed E-state index contributed by atoms with van der Waals surface area (Å²) in [7, 11) is 1.67. The third kappa shape index (κ3) is 4.33. The van der Waals surface area contributed by atoms with Crippen LogP contribution in [0.3, 0.4) is 0 Å². The number of anilines is 1. The molecular weight excluding hydrogens is 354 g/mol. The number of hydrogen-bond donors (Lipinski definition) is 1. The maximum Gasteiger partial charge on any atom is 0.329 e. The number of H-pyrrole nitrogens is 1. The largest absolute Gasteiger partial charge is 0.342 e. The predicted molar refractivity (Wildman–Crippen MR) is 114 cm³/mol. The second-order valence-electron chi connectivity index (χ2n) is 8.67. The Hall–Kier alpha value is -2.05. The highest BCUT2D eigenvalue weighted by molar-refractivity contribution is 5.74. The lowest BCUT2D eigenvalue weighted by Crippen LogP contribution is -2.40. The molecule has 0 radical (unpaired) electrons. The van der Waals surface area contributed by atoms with Crippen LogP contribution in [0.15, 0.2) is 9.59 Å². The fourth-order valence-corrected chi connectivity index (χ4v) is 4.55. The van der Waals surface area contributed by atoms with Crippen LogP contribution in [0.4, 0.5) is 5.95 Å². The summed E-state index contributed by atoms with van der Waals surface area (Å²) in [6.45, 7) is 9.41. The summed E-state index contributed by atoms with van der Waals surface area (Å²) in [5, 5.41) is 0. The van der Waals surface area contributed by atoms with E-state index in [2.05, 4.69) is 35.2 Å². The van der Waals surface area contributed by atoms with Crippen molar-refractivity contribution in [1.29, 1.82) is 0 Å². The number of fused-ring (bicyclic) bond motifs is 1. The predicted octanol–water partition coefficient (Wildman–Crippen LogP) is 3.27. The molecule has 0 spiro atoms. The van der Waals surface area contributed by atoms with Gasteiger partial charge in [0, 0.05) is 26.7 Å². The van der Waals surface area contributed by atoms with Crippen LogP contribution in [-0.4, -0.2) is 32.2 Å². The van der Waals surface area contributed by atoms with Crippen molar-refractivity contribution in [3.63, 3.8) is 0 Å². The molecule has 7 nitrogen and oxygen atoms in total. The molecular formula is C21H35N5O2. The van der Waals surface area contributed by atoms with Gasteiger partial charge in [-0.2, -0.15) is 4.98 Å². The van der Waals surface area contributed by atoms with E-state index in [4.69, 9.17) is 4.98 Å². The van der Waals surface area contributed by atoms with Gasteiger partial charge in [0.2, 0.25) is 5.95 Å². The van der Waals surface area contributed by atoms with E-state index in [0.717, 1.165) is 38.4 Å². The van der Waals surface area contributed by atoms with Gasteiger partial charge in [-0.05, 0) is 24.7 Å². The second kappa shape index (κ2) is 8.97. The van der Waals surface area contributed by atoms with E-state index < -0.39 is 5.69 Å². The van der Waals surface area contributed by atoms with E-state index in [0.29, 0.717) is 23.0 Å². The Kier molecular flexibility index (Phi) is 6.62. The molecule has 1 fully saturated rings. The maximum absolute atomic E-state index is 12.6. The third-order valence-corrected chi connectivity index (χ3v) is 5.87. The fourth-order valence-electron chi connectivity index (χ4n) is 4.55. The molecule has 2 aromatic heterocycles. The van der Waals surface area contributed by atoms with Crippen LogP contribution in [0.1, 0.15) is 65.7 Å². The maximum atomic E-state index is 12.6. The van der Waals surface area contributed by atoms with Crippen molar-refractivity contribution in [1.82, 2.24) is 19.1 Å². The van der Waals surface area contributed by atoms with Gasteiger partial charge < -0.3 is 9.47 Å². The average Bonchev–Trinajstić information content (AvgIpc) is 3.02. The fraction of sp³-hybridized carbons (Fsp3) is 0.762. The van der Waals surface area contributed by atoms with Gasteiger partial charge >= 0.3 is 5.69 Å². The lowest BCUT2D eigenvalue weighted by molar-refractivity contribution is 0.351. The first kappa shape index (κ1) is 20.7. The van der Waals surface area contributed by atoms with Crippen LogP contribution < -0.4 is 16.1 Å². The topological polar surface area (TPSA) is 75.9 Å². The SMILES string of the molecule is CCCCCCCCn1c(N2C[C@H](C)C[C@@H](C)C2)nc2c1c(=O)[nH]c(=O)n2C. The normalized spacial score (nSPS) is 20.2. The summed E-state index contributed by atoms with van der Waals surface area (Å²) in [5.41, 5.74) is 0.270. The molecule has 0 unspecified atom stereocenters. The smallest absolute Gasteiger partial charge is 0.329 e. The summed E-state index contributed by atoms with van der Waals surface area (Å²) >= 11 is 0. The quantitative estimate of drug-likeness (QED) is 0.703. The molecule has 0 aliphatic carbocycles. The van der Waals surface area contributed by atoms with Crippen LogP contribution in [0, 0.1) is 11.8 Å². The highest BCUT2D eigenvalue weighted by Gasteiger charge is 2.27. The van der Waals surface area contributed by atoms with E-state index in [1.807, 2.05) is 0 Å². The summed E-state index contributed by atoms with van der Waals surface area (Å²) in [5.74, 6) is 2.02. The molecule has 1 N–H and O–H groups in total. The van der Waals surface area contributed by atoms with Gasteiger partial charge in [0.1, 0.15) is 0 Å². The van der Waals surface area contributed by atoms with E-state index in [1.54, 1.807) is 7.05 Å². The minimum atomic E-state index is -0.409. The van der Waals surface area contributed by atoms with Crippen molar-refractivity contribution in [2.24, 2.45) is 18.9 Å². The van der Waals surface area contributed by atoms with Crippen LogP contribution in [0.5, 0.6) is 0 Å². The molecule has 0 bridgehead atoms. The molecule has 156 valence electrons. The van der Waals surface area contributed by atoms with E-state index in [9.17, 15) is 9.59 Å². The zero-order chi connectivity index (χ0) is 20.3. The number of aromatic nitrogens is 4. The van der Waals surface area contributed by atoms with Gasteiger partial charge in [-0.1, -0.05) is 52.9 Å². The number of nitrogens with one attached hydrogen (secondary N) is 1. The third-order valence-electron chi connectivity index (χ3n) is 5.87. The molecule has 3 heterocycles. The van der Waals surface area contributed by atoms with E-state index in [-0.39, 0.29) is 5.56 Å². The molecule has 0 amide bonds. The number of aromatic amines is 1. The molecule has 0 saturated carbocycles. The van der Waals surface area contributed by atoms with Gasteiger partial charge in [0.25, 0.3) is 5.56 Å². The number of imidazole rings is 1. The van der Waals surface area contributed by atoms with Crippen molar-refractivity contribution in [2.45, 2.75) is 72.3 Å². The molecule has 28 heavy (non-hydrogen) atoms. The zero-order valence-corrected chi connectivity index (χ0v) is 17.8. The summed E-state index contributed by atoms with van der Waals surface area (Å²) in [6.07, 6.45) is 8.40. The van der Waals surface area contributed by atoms with Crippen LogP contribution >= 0.6 is 0 Å². The highest BCUT2D eigenvalue weighted by Crippen LogP contribution is 2.28. The van der Waals surface area contributed by atoms with Crippen LogP contribution in [0.25, 0.3) is 11.2 Å². The zero-order valence-electron chi connectivity index (χ0n) is 17.8. The van der Waals surface area contributed by atoms with Crippen molar-refractivity contribution >= 4 is 17.1 Å². The second-order valence-corrected chi connectivity index (χ2v) is 8.67. The number of rotatable bonds is 8. The summed E-state index contributed by atoms with van der Waals surface area (Å²) < 4.78 is 3.51. The van der Waals surface area contributed by atoms with Crippen molar-refractivity contribution in [3.05, 3.63) is 20.8 Å². The average molecular weight is 390 g/mol. The molecule has 3 rings (SSSR count). The molecule has 1 saturated heterocycles. The standard InChI is InChI=1S/C21H35N5O2/c1-5-6-7-8-9-10-11-26-17-18(24(4)21(28)23-19(17)27)22-20(26)25-13-15(2)12-16(3)14-25/h15-16H,5-14H2,1-4H3,(H,23,27,28)/t15-,16-/m1/s1. The van der Waals surface area contributed by atoms with E-state index in [1.165, 1.54) is 36.7 Å². The lowest BCUT2D eigenvalue weighted by Gasteiger charge is -2.35. The summed E-state index contributed by atoms with van der Waals surface area (Å²) in [4.78, 5) is 34.2. The molecule has 1 aliphatic heterocycles. The Morgan fingerprint density at radius 1 is 1.04 bits per heavy atom. The Balaban J connectivity index is 1.94. The minimum Gasteiger partial charge on any atom is -0.342 e. The summed E-state index contributed by atoms with van der Waals surface area (Å²) in [6, 6.07) is 0. The van der Waals surface area contributed by atoms with Crippen molar-refractivity contribution in [2.75, 3.05) is 18.0 Å². The van der Waals surface area contributed by atoms with Crippen molar-refractivity contribution in [3.8, 4) is 0 Å². The Morgan fingerprint density at radius 2 is 1.68 bits per heavy atom. The van der Waals surface area contributed by atoms with Gasteiger partial charge in [-0.15, -0.1) is 0 Å². The molecule has 2 atom stereocenters. The number of nitrogens with zero attached hydrogens (tertiary/aromatic N) is 4. The number of piperidine rings is 1. The lowest BCUT2D eigenvalue weighted by atomic mass is 9.92. The van der Waals surface area contributed by atoms with Gasteiger partial charge in [-0.3, -0.25) is 14.3 Å². The number of unbranched alkanes of at least 4 members (excludes halogenated alkanes) is 5. The van der Waals surface area contributed by atoms with E-state index >= 15 is 0 Å². The monoisotopic (exact) mass is 389 g/mol.